The smallest absolute Gasteiger partial charge is 0.321 e. The maximum Gasteiger partial charge on any atom is 0.321 e. The van der Waals surface area contributed by atoms with Gasteiger partial charge in [0.1, 0.15) is 0 Å². The normalized spacial score (nSPS) is 10.4. The van der Waals surface area contributed by atoms with E-state index in [1.807, 2.05) is 42.5 Å². The first-order chi connectivity index (χ1) is 13.6. The lowest BCUT2D eigenvalue weighted by atomic mass is 10.0. The number of methoxy groups -OCH3 is 1. The fraction of sp³-hybridized carbons (Fsp3) is 0.174. The second kappa shape index (κ2) is 8.95. The van der Waals surface area contributed by atoms with Gasteiger partial charge in [0.05, 0.1) is 7.11 Å². The SMILES string of the molecule is COc1cc(CN(C)C(=O)Nc2ccccc2Cc2ccccc2)ccc1O. The molecule has 5 nitrogen and oxygen atoms in total. The molecule has 28 heavy (non-hydrogen) atoms. The summed E-state index contributed by atoms with van der Waals surface area (Å²) in [6, 6.07) is 22.8. The van der Waals surface area contributed by atoms with Crippen LogP contribution in [0.3, 0.4) is 0 Å². The van der Waals surface area contributed by atoms with Crippen LogP contribution in [0, 0.1) is 0 Å². The number of phenols is 1. The van der Waals surface area contributed by atoms with Gasteiger partial charge in [0.25, 0.3) is 0 Å². The lowest BCUT2D eigenvalue weighted by Gasteiger charge is -2.20. The van der Waals surface area contributed by atoms with Gasteiger partial charge in [0, 0.05) is 19.3 Å². The van der Waals surface area contributed by atoms with Crippen molar-refractivity contribution in [3.8, 4) is 11.5 Å². The Hall–Kier alpha value is -3.47. The first-order valence-corrected chi connectivity index (χ1v) is 9.06. The van der Waals surface area contributed by atoms with E-state index in [1.165, 1.54) is 12.7 Å². The van der Waals surface area contributed by atoms with Crippen LogP contribution in [0.25, 0.3) is 0 Å². The van der Waals surface area contributed by atoms with Crippen molar-refractivity contribution >= 4 is 11.7 Å². The second-order valence-electron chi connectivity index (χ2n) is 6.61. The molecule has 0 heterocycles. The van der Waals surface area contributed by atoms with Crippen molar-refractivity contribution in [3.63, 3.8) is 0 Å². The van der Waals surface area contributed by atoms with Crippen molar-refractivity contribution in [1.29, 1.82) is 0 Å². The van der Waals surface area contributed by atoms with Gasteiger partial charge in [-0.3, -0.25) is 0 Å². The minimum Gasteiger partial charge on any atom is -0.504 e. The molecule has 0 aliphatic carbocycles. The Morgan fingerprint density at radius 2 is 1.71 bits per heavy atom. The highest BCUT2D eigenvalue weighted by Crippen LogP contribution is 2.27. The Morgan fingerprint density at radius 3 is 2.46 bits per heavy atom. The van der Waals surface area contributed by atoms with Gasteiger partial charge in [0.15, 0.2) is 11.5 Å². The highest BCUT2D eigenvalue weighted by atomic mass is 16.5. The van der Waals surface area contributed by atoms with Crippen LogP contribution < -0.4 is 10.1 Å². The molecular formula is C23H24N2O3. The summed E-state index contributed by atoms with van der Waals surface area (Å²) in [5, 5.41) is 12.7. The minimum absolute atomic E-state index is 0.0770. The number of anilines is 1. The molecule has 0 aromatic heterocycles. The molecule has 0 radical (unpaired) electrons. The largest absolute Gasteiger partial charge is 0.504 e. The zero-order valence-corrected chi connectivity index (χ0v) is 16.1. The minimum atomic E-state index is -0.201. The number of nitrogens with one attached hydrogen (secondary N) is 1. The molecule has 0 aliphatic rings. The van der Waals surface area contributed by atoms with Crippen molar-refractivity contribution in [2.75, 3.05) is 19.5 Å². The molecule has 144 valence electrons. The molecular weight excluding hydrogens is 352 g/mol. The van der Waals surface area contributed by atoms with E-state index < -0.39 is 0 Å². The number of carbonyl (C=O) groups is 1. The number of nitrogens with zero attached hydrogens (tertiary/aromatic N) is 1. The molecule has 0 saturated heterocycles. The number of phenolic OH excluding ortho intramolecular Hbond substituents is 1. The van der Waals surface area contributed by atoms with E-state index in [0.29, 0.717) is 12.3 Å². The summed E-state index contributed by atoms with van der Waals surface area (Å²) in [5.74, 6) is 0.465. The molecule has 5 heteroatoms. The maximum atomic E-state index is 12.7. The molecule has 0 atom stereocenters. The number of rotatable bonds is 6. The van der Waals surface area contributed by atoms with Crippen LogP contribution in [0.2, 0.25) is 0 Å². The van der Waals surface area contributed by atoms with Gasteiger partial charge in [-0.05, 0) is 41.3 Å². The van der Waals surface area contributed by atoms with Crippen molar-refractivity contribution in [2.45, 2.75) is 13.0 Å². The van der Waals surface area contributed by atoms with E-state index in [4.69, 9.17) is 4.74 Å². The summed E-state index contributed by atoms with van der Waals surface area (Å²) >= 11 is 0. The highest BCUT2D eigenvalue weighted by Gasteiger charge is 2.13. The van der Waals surface area contributed by atoms with Crippen molar-refractivity contribution in [3.05, 3.63) is 89.5 Å². The Kier molecular flexibility index (Phi) is 6.17. The van der Waals surface area contributed by atoms with Crippen LogP contribution in [-0.2, 0) is 13.0 Å². The molecule has 0 spiro atoms. The number of hydrogen-bond acceptors (Lipinski definition) is 3. The van der Waals surface area contributed by atoms with Gasteiger partial charge in [0.2, 0.25) is 0 Å². The van der Waals surface area contributed by atoms with Gasteiger partial charge in [-0.15, -0.1) is 0 Å². The van der Waals surface area contributed by atoms with E-state index in [9.17, 15) is 9.90 Å². The Labute approximate surface area is 165 Å². The van der Waals surface area contributed by atoms with Crippen LogP contribution >= 0.6 is 0 Å². The van der Waals surface area contributed by atoms with Crippen molar-refractivity contribution in [1.82, 2.24) is 4.90 Å². The van der Waals surface area contributed by atoms with Crippen LogP contribution in [0.4, 0.5) is 10.5 Å². The van der Waals surface area contributed by atoms with E-state index in [2.05, 4.69) is 17.4 Å². The van der Waals surface area contributed by atoms with Crippen LogP contribution in [0.15, 0.2) is 72.8 Å². The van der Waals surface area contributed by atoms with Gasteiger partial charge in [-0.1, -0.05) is 54.6 Å². The number of carbonyl (C=O) groups excluding carboxylic acids is 1. The summed E-state index contributed by atoms with van der Waals surface area (Å²) in [4.78, 5) is 14.3. The lowest BCUT2D eigenvalue weighted by molar-refractivity contribution is 0.220. The zero-order valence-electron chi connectivity index (χ0n) is 16.1. The molecule has 3 aromatic rings. The van der Waals surface area contributed by atoms with Gasteiger partial charge >= 0.3 is 6.03 Å². The fourth-order valence-electron chi connectivity index (χ4n) is 2.99. The first-order valence-electron chi connectivity index (χ1n) is 9.06. The summed E-state index contributed by atoms with van der Waals surface area (Å²) in [6.07, 6.45) is 0.746. The van der Waals surface area contributed by atoms with Crippen LogP contribution in [0.1, 0.15) is 16.7 Å². The van der Waals surface area contributed by atoms with Gasteiger partial charge in [-0.2, -0.15) is 0 Å². The van der Waals surface area contributed by atoms with E-state index in [-0.39, 0.29) is 11.8 Å². The third kappa shape index (κ3) is 4.82. The number of urea groups is 1. The number of amides is 2. The van der Waals surface area contributed by atoms with E-state index in [1.54, 1.807) is 30.1 Å². The number of ether oxygens (including phenoxy) is 1. The first kappa shape index (κ1) is 19.3. The summed E-state index contributed by atoms with van der Waals surface area (Å²) < 4.78 is 5.13. The molecule has 0 bridgehead atoms. The topological polar surface area (TPSA) is 61.8 Å². The number of para-hydroxylation sites is 1. The highest BCUT2D eigenvalue weighted by molar-refractivity contribution is 5.90. The molecule has 0 aliphatic heterocycles. The van der Waals surface area contributed by atoms with Crippen molar-refractivity contribution < 1.29 is 14.6 Å². The third-order valence-electron chi connectivity index (χ3n) is 4.51. The van der Waals surface area contributed by atoms with Gasteiger partial charge < -0.3 is 20.1 Å². The van der Waals surface area contributed by atoms with Gasteiger partial charge in [-0.25, -0.2) is 4.79 Å². The average molecular weight is 376 g/mol. The molecule has 3 rings (SSSR count). The number of hydrogen-bond donors (Lipinski definition) is 2. The zero-order chi connectivity index (χ0) is 19.9. The summed E-state index contributed by atoms with van der Waals surface area (Å²) in [6.45, 7) is 0.392. The van der Waals surface area contributed by atoms with Crippen molar-refractivity contribution in [2.24, 2.45) is 0 Å². The maximum absolute atomic E-state index is 12.7. The predicted octanol–water partition coefficient (Wildman–Crippen LogP) is 4.66. The molecule has 0 saturated carbocycles. The summed E-state index contributed by atoms with van der Waals surface area (Å²) in [7, 11) is 3.23. The molecule has 0 unspecified atom stereocenters. The molecule has 0 fully saturated rings. The second-order valence-corrected chi connectivity index (χ2v) is 6.61. The molecule has 2 amide bonds. The monoisotopic (exact) mass is 376 g/mol. The van der Waals surface area contributed by atoms with E-state index in [0.717, 1.165) is 23.2 Å². The van der Waals surface area contributed by atoms with E-state index >= 15 is 0 Å². The standard InChI is InChI=1S/C23H24N2O3/c1-25(16-18-12-13-21(26)22(15-18)28-2)23(27)24-20-11-7-6-10-19(20)14-17-8-4-3-5-9-17/h3-13,15,26H,14,16H2,1-2H3,(H,24,27). The third-order valence-corrected chi connectivity index (χ3v) is 4.51. The lowest BCUT2D eigenvalue weighted by Crippen LogP contribution is -2.31. The number of aromatic hydroxyl groups is 1. The average Bonchev–Trinajstić information content (AvgIpc) is 2.71. The molecule has 3 aromatic carbocycles. The summed E-state index contributed by atoms with van der Waals surface area (Å²) in [5.41, 5.74) is 3.91. The molecule has 2 N–H and O–H groups in total. The quantitative estimate of drug-likeness (QED) is 0.658. The number of benzene rings is 3. The predicted molar refractivity (Wildman–Crippen MR) is 111 cm³/mol. The van der Waals surface area contributed by atoms with Crippen LogP contribution in [0.5, 0.6) is 11.5 Å². The Balaban J connectivity index is 1.69. The Bertz CT molecular complexity index is 942. The Morgan fingerprint density at radius 1 is 1.00 bits per heavy atom. The fourth-order valence-corrected chi connectivity index (χ4v) is 2.99. The van der Waals surface area contributed by atoms with Crippen LogP contribution in [-0.4, -0.2) is 30.2 Å².